The number of aromatic nitrogens is 2. The van der Waals surface area contributed by atoms with Crippen molar-refractivity contribution in [2.24, 2.45) is 0 Å². The number of nitrogens with one attached hydrogen (secondary N) is 1. The summed E-state index contributed by atoms with van der Waals surface area (Å²) >= 11 is 1.86. The molecule has 1 unspecified atom stereocenters. The lowest BCUT2D eigenvalue weighted by atomic mass is 10.1. The van der Waals surface area contributed by atoms with Gasteiger partial charge in [-0.2, -0.15) is 5.10 Å². The number of rotatable bonds is 6. The topological polar surface area (TPSA) is 29.9 Å². The fourth-order valence-corrected chi connectivity index (χ4v) is 3.07. The van der Waals surface area contributed by atoms with Crippen LogP contribution in [-0.4, -0.2) is 16.3 Å². The van der Waals surface area contributed by atoms with Gasteiger partial charge in [-0.05, 0) is 45.0 Å². The second-order valence-electron chi connectivity index (χ2n) is 4.41. The van der Waals surface area contributed by atoms with Crippen LogP contribution in [0, 0.1) is 6.92 Å². The minimum Gasteiger partial charge on any atom is -0.304 e. The predicted molar refractivity (Wildman–Crippen MR) is 77.1 cm³/mol. The van der Waals surface area contributed by atoms with E-state index >= 15 is 0 Å². The van der Waals surface area contributed by atoms with Gasteiger partial charge in [-0.25, -0.2) is 0 Å². The standard InChI is InChI=1S/C14H21N3S/c1-4-9-15-14(13-7-6-11(3)18-13)12-8-10-16-17(12)5-2/h6-8,10,14-15H,4-5,9H2,1-3H3. The lowest BCUT2D eigenvalue weighted by Gasteiger charge is -2.18. The number of hydrogen-bond acceptors (Lipinski definition) is 3. The third-order valence-corrected chi connectivity index (χ3v) is 4.05. The molecule has 4 heteroatoms. The number of hydrogen-bond donors (Lipinski definition) is 1. The number of aryl methyl sites for hydroxylation is 2. The van der Waals surface area contributed by atoms with Gasteiger partial charge in [0, 0.05) is 22.5 Å². The SMILES string of the molecule is CCCNC(c1ccc(C)s1)c1ccnn1CC. The minimum atomic E-state index is 0.270. The third-order valence-electron chi connectivity index (χ3n) is 2.99. The van der Waals surface area contributed by atoms with Crippen molar-refractivity contribution in [1.82, 2.24) is 15.1 Å². The Morgan fingerprint density at radius 1 is 1.33 bits per heavy atom. The Balaban J connectivity index is 2.30. The average Bonchev–Trinajstić information content (AvgIpc) is 2.99. The molecule has 1 N–H and O–H groups in total. The fourth-order valence-electron chi connectivity index (χ4n) is 2.10. The average molecular weight is 263 g/mol. The second-order valence-corrected chi connectivity index (χ2v) is 5.73. The summed E-state index contributed by atoms with van der Waals surface area (Å²) in [6.45, 7) is 8.42. The molecule has 0 saturated heterocycles. The highest BCUT2D eigenvalue weighted by Gasteiger charge is 2.18. The molecular weight excluding hydrogens is 242 g/mol. The minimum absolute atomic E-state index is 0.270. The first-order valence-corrected chi connectivity index (χ1v) is 7.39. The van der Waals surface area contributed by atoms with E-state index in [0.29, 0.717) is 0 Å². The van der Waals surface area contributed by atoms with Crippen LogP contribution in [0.5, 0.6) is 0 Å². The summed E-state index contributed by atoms with van der Waals surface area (Å²) in [6, 6.07) is 6.80. The molecule has 0 fully saturated rings. The first-order chi connectivity index (χ1) is 8.76. The van der Waals surface area contributed by atoms with Crippen molar-refractivity contribution in [3.63, 3.8) is 0 Å². The van der Waals surface area contributed by atoms with E-state index in [0.717, 1.165) is 19.5 Å². The molecule has 2 heterocycles. The van der Waals surface area contributed by atoms with Gasteiger partial charge in [0.05, 0.1) is 11.7 Å². The molecule has 0 aromatic carbocycles. The zero-order chi connectivity index (χ0) is 13.0. The molecule has 1 atom stereocenters. The largest absolute Gasteiger partial charge is 0.304 e. The van der Waals surface area contributed by atoms with Gasteiger partial charge in [0.1, 0.15) is 0 Å². The maximum absolute atomic E-state index is 4.38. The van der Waals surface area contributed by atoms with E-state index in [4.69, 9.17) is 0 Å². The molecule has 18 heavy (non-hydrogen) atoms. The molecular formula is C14H21N3S. The van der Waals surface area contributed by atoms with Crippen molar-refractivity contribution >= 4 is 11.3 Å². The van der Waals surface area contributed by atoms with Crippen LogP contribution in [0.15, 0.2) is 24.4 Å². The Kier molecular flexibility index (Phi) is 4.55. The summed E-state index contributed by atoms with van der Waals surface area (Å²) in [5, 5.41) is 8.00. The summed E-state index contributed by atoms with van der Waals surface area (Å²) in [5.41, 5.74) is 1.26. The molecule has 3 nitrogen and oxygen atoms in total. The van der Waals surface area contributed by atoms with Gasteiger partial charge in [-0.3, -0.25) is 4.68 Å². The van der Waals surface area contributed by atoms with E-state index in [1.54, 1.807) is 0 Å². The number of nitrogens with zero attached hydrogens (tertiary/aromatic N) is 2. The second kappa shape index (κ2) is 6.16. The van der Waals surface area contributed by atoms with E-state index in [1.807, 2.05) is 17.5 Å². The molecule has 0 amide bonds. The highest BCUT2D eigenvalue weighted by Crippen LogP contribution is 2.28. The van der Waals surface area contributed by atoms with Crippen LogP contribution in [-0.2, 0) is 6.54 Å². The van der Waals surface area contributed by atoms with Gasteiger partial charge in [0.25, 0.3) is 0 Å². The lowest BCUT2D eigenvalue weighted by Crippen LogP contribution is -2.25. The van der Waals surface area contributed by atoms with Crippen LogP contribution in [0.25, 0.3) is 0 Å². The van der Waals surface area contributed by atoms with Crippen LogP contribution in [0.1, 0.15) is 41.8 Å². The van der Waals surface area contributed by atoms with Crippen molar-refractivity contribution in [3.8, 4) is 0 Å². The van der Waals surface area contributed by atoms with Crippen LogP contribution >= 0.6 is 11.3 Å². The lowest BCUT2D eigenvalue weighted by molar-refractivity contribution is 0.534. The highest BCUT2D eigenvalue weighted by atomic mass is 32.1. The summed E-state index contributed by atoms with van der Waals surface area (Å²) in [6.07, 6.45) is 3.03. The van der Waals surface area contributed by atoms with E-state index in [9.17, 15) is 0 Å². The number of thiophene rings is 1. The van der Waals surface area contributed by atoms with Crippen molar-refractivity contribution in [1.29, 1.82) is 0 Å². The maximum Gasteiger partial charge on any atom is 0.0841 e. The van der Waals surface area contributed by atoms with Gasteiger partial charge in [-0.15, -0.1) is 11.3 Å². The highest BCUT2D eigenvalue weighted by molar-refractivity contribution is 7.12. The Morgan fingerprint density at radius 2 is 2.17 bits per heavy atom. The fraction of sp³-hybridized carbons (Fsp3) is 0.500. The van der Waals surface area contributed by atoms with Crippen molar-refractivity contribution in [2.75, 3.05) is 6.54 Å². The molecule has 2 aromatic rings. The molecule has 0 spiro atoms. The molecule has 0 aliphatic carbocycles. The van der Waals surface area contributed by atoms with Gasteiger partial charge in [-0.1, -0.05) is 6.92 Å². The summed E-state index contributed by atoms with van der Waals surface area (Å²) in [4.78, 5) is 2.73. The van der Waals surface area contributed by atoms with Crippen LogP contribution in [0.3, 0.4) is 0 Å². The quantitative estimate of drug-likeness (QED) is 0.866. The summed E-state index contributed by atoms with van der Waals surface area (Å²) in [7, 11) is 0. The summed E-state index contributed by atoms with van der Waals surface area (Å²) in [5.74, 6) is 0. The van der Waals surface area contributed by atoms with Gasteiger partial charge >= 0.3 is 0 Å². The first-order valence-electron chi connectivity index (χ1n) is 6.57. The molecule has 98 valence electrons. The molecule has 2 aromatic heterocycles. The van der Waals surface area contributed by atoms with Gasteiger partial charge in [0.15, 0.2) is 0 Å². The van der Waals surface area contributed by atoms with E-state index in [1.165, 1.54) is 15.4 Å². The zero-order valence-corrected chi connectivity index (χ0v) is 12.1. The Labute approximate surface area is 113 Å². The first kappa shape index (κ1) is 13.3. The monoisotopic (exact) mass is 263 g/mol. The summed E-state index contributed by atoms with van der Waals surface area (Å²) < 4.78 is 2.07. The Hall–Kier alpha value is -1.13. The van der Waals surface area contributed by atoms with E-state index < -0.39 is 0 Å². The van der Waals surface area contributed by atoms with Crippen molar-refractivity contribution < 1.29 is 0 Å². The smallest absolute Gasteiger partial charge is 0.0841 e. The van der Waals surface area contributed by atoms with Crippen LogP contribution in [0.4, 0.5) is 0 Å². The molecule has 0 saturated carbocycles. The zero-order valence-electron chi connectivity index (χ0n) is 11.3. The van der Waals surface area contributed by atoms with E-state index in [-0.39, 0.29) is 6.04 Å². The van der Waals surface area contributed by atoms with Gasteiger partial charge < -0.3 is 5.32 Å². The van der Waals surface area contributed by atoms with Gasteiger partial charge in [0.2, 0.25) is 0 Å². The molecule has 2 rings (SSSR count). The molecule has 0 radical (unpaired) electrons. The maximum atomic E-state index is 4.38. The van der Waals surface area contributed by atoms with E-state index in [2.05, 4.69) is 54.1 Å². The molecule has 0 aliphatic rings. The Bertz CT molecular complexity index is 487. The molecule has 0 bridgehead atoms. The third kappa shape index (κ3) is 2.82. The Morgan fingerprint density at radius 3 is 2.78 bits per heavy atom. The van der Waals surface area contributed by atoms with Crippen LogP contribution in [0.2, 0.25) is 0 Å². The molecule has 0 aliphatic heterocycles. The van der Waals surface area contributed by atoms with Crippen molar-refractivity contribution in [2.45, 2.75) is 39.8 Å². The predicted octanol–water partition coefficient (Wildman–Crippen LogP) is 3.36. The van der Waals surface area contributed by atoms with Crippen LogP contribution < -0.4 is 5.32 Å². The van der Waals surface area contributed by atoms with Crippen molar-refractivity contribution in [3.05, 3.63) is 39.8 Å². The normalized spacial score (nSPS) is 12.8.